The smallest absolute Gasteiger partial charge is 0.387 e. The van der Waals surface area contributed by atoms with E-state index in [1.807, 2.05) is 6.92 Å². The summed E-state index contributed by atoms with van der Waals surface area (Å²) in [5, 5.41) is 0. The van der Waals surface area contributed by atoms with E-state index in [-0.39, 0.29) is 5.75 Å². The van der Waals surface area contributed by atoms with Crippen LogP contribution in [0.2, 0.25) is 0 Å². The zero-order valence-corrected chi connectivity index (χ0v) is 5.97. The highest BCUT2D eigenvalue weighted by molar-refractivity contribution is 5.24. The lowest BCUT2D eigenvalue weighted by molar-refractivity contribution is -0.0500. The first-order chi connectivity index (χ1) is 5.18. The van der Waals surface area contributed by atoms with Gasteiger partial charge in [0.25, 0.3) is 0 Å². The van der Waals surface area contributed by atoms with Gasteiger partial charge < -0.3 is 4.74 Å². The van der Waals surface area contributed by atoms with Crippen LogP contribution in [0.1, 0.15) is 5.56 Å². The minimum Gasteiger partial charge on any atom is -0.434 e. The van der Waals surface area contributed by atoms with Crippen LogP contribution in [0.4, 0.5) is 8.78 Å². The SMILES string of the molecule is Cc1c[c]c(OC(F)F)cc1. The van der Waals surface area contributed by atoms with Crippen LogP contribution in [0.15, 0.2) is 18.2 Å². The number of halogens is 2. The molecule has 0 aliphatic rings. The second kappa shape index (κ2) is 3.32. The third kappa shape index (κ3) is 2.53. The predicted octanol–water partition coefficient (Wildman–Crippen LogP) is 2.40. The molecule has 0 aromatic heterocycles. The molecule has 0 aliphatic carbocycles. The van der Waals surface area contributed by atoms with E-state index < -0.39 is 6.61 Å². The zero-order valence-electron chi connectivity index (χ0n) is 5.97. The van der Waals surface area contributed by atoms with Gasteiger partial charge in [-0.05, 0) is 19.1 Å². The summed E-state index contributed by atoms with van der Waals surface area (Å²) < 4.78 is 27.2. The van der Waals surface area contributed by atoms with Gasteiger partial charge in [0.2, 0.25) is 0 Å². The average Bonchev–Trinajstić information content (AvgIpc) is 1.93. The quantitative estimate of drug-likeness (QED) is 0.640. The van der Waals surface area contributed by atoms with Crippen LogP contribution in [0.5, 0.6) is 5.75 Å². The van der Waals surface area contributed by atoms with E-state index in [4.69, 9.17) is 0 Å². The fourth-order valence-corrected chi connectivity index (χ4v) is 0.658. The number of rotatable bonds is 2. The van der Waals surface area contributed by atoms with E-state index in [2.05, 4.69) is 10.8 Å². The van der Waals surface area contributed by atoms with E-state index >= 15 is 0 Å². The molecule has 0 unspecified atom stereocenters. The van der Waals surface area contributed by atoms with Crippen molar-refractivity contribution in [3.8, 4) is 5.75 Å². The van der Waals surface area contributed by atoms with Crippen molar-refractivity contribution in [2.75, 3.05) is 0 Å². The van der Waals surface area contributed by atoms with Gasteiger partial charge in [-0.15, -0.1) is 0 Å². The van der Waals surface area contributed by atoms with Crippen molar-refractivity contribution in [1.82, 2.24) is 0 Å². The molecule has 0 atom stereocenters. The number of hydrogen-bond acceptors (Lipinski definition) is 1. The maximum Gasteiger partial charge on any atom is 0.387 e. The number of benzene rings is 1. The molecule has 3 heteroatoms. The Morgan fingerprint density at radius 3 is 2.64 bits per heavy atom. The van der Waals surface area contributed by atoms with Crippen LogP contribution < -0.4 is 4.74 Å². The third-order valence-electron chi connectivity index (χ3n) is 1.16. The first kappa shape index (κ1) is 7.98. The molecular weight excluding hydrogens is 150 g/mol. The van der Waals surface area contributed by atoms with Crippen molar-refractivity contribution < 1.29 is 13.5 Å². The Morgan fingerprint density at radius 2 is 2.18 bits per heavy atom. The maximum atomic E-state index is 11.6. The van der Waals surface area contributed by atoms with Gasteiger partial charge in [0.15, 0.2) is 0 Å². The molecule has 0 spiro atoms. The topological polar surface area (TPSA) is 9.23 Å². The van der Waals surface area contributed by atoms with Crippen molar-refractivity contribution in [2.45, 2.75) is 13.5 Å². The van der Waals surface area contributed by atoms with E-state index in [0.29, 0.717) is 0 Å². The van der Waals surface area contributed by atoms with Gasteiger partial charge in [-0.25, -0.2) is 0 Å². The predicted molar refractivity (Wildman–Crippen MR) is 36.6 cm³/mol. The molecule has 0 saturated heterocycles. The molecule has 0 bridgehead atoms. The summed E-state index contributed by atoms with van der Waals surface area (Å²) in [7, 11) is 0. The Bertz CT molecular complexity index is 218. The van der Waals surface area contributed by atoms with E-state index in [1.165, 1.54) is 6.07 Å². The van der Waals surface area contributed by atoms with Gasteiger partial charge >= 0.3 is 6.61 Å². The summed E-state index contributed by atoms with van der Waals surface area (Å²) in [6, 6.07) is 7.31. The fraction of sp³-hybridized carbons (Fsp3) is 0.250. The van der Waals surface area contributed by atoms with Gasteiger partial charge in [0.05, 0.1) is 0 Å². The largest absolute Gasteiger partial charge is 0.434 e. The Hall–Kier alpha value is -1.12. The molecule has 0 N–H and O–H groups in total. The van der Waals surface area contributed by atoms with Crippen LogP contribution in [0, 0.1) is 13.0 Å². The Labute approximate surface area is 63.6 Å². The van der Waals surface area contributed by atoms with Crippen molar-refractivity contribution in [1.29, 1.82) is 0 Å². The molecule has 0 heterocycles. The fourth-order valence-electron chi connectivity index (χ4n) is 0.658. The lowest BCUT2D eigenvalue weighted by atomic mass is 10.2. The Balaban J connectivity index is 2.66. The van der Waals surface area contributed by atoms with Crippen LogP contribution in [0.25, 0.3) is 0 Å². The van der Waals surface area contributed by atoms with E-state index in [9.17, 15) is 8.78 Å². The first-order valence-electron chi connectivity index (χ1n) is 3.11. The minimum absolute atomic E-state index is 0.0746. The summed E-state index contributed by atoms with van der Waals surface area (Å²) in [6.07, 6.45) is 0. The van der Waals surface area contributed by atoms with Gasteiger partial charge in [0, 0.05) is 6.07 Å². The highest BCUT2D eigenvalue weighted by Crippen LogP contribution is 2.12. The normalized spacial score (nSPS) is 10.2. The summed E-state index contributed by atoms with van der Waals surface area (Å²) >= 11 is 0. The first-order valence-corrected chi connectivity index (χ1v) is 3.11. The lowest BCUT2D eigenvalue weighted by Gasteiger charge is -2.02. The molecule has 59 valence electrons. The van der Waals surface area contributed by atoms with Crippen LogP contribution in [-0.4, -0.2) is 6.61 Å². The Kier molecular flexibility index (Phi) is 2.41. The molecule has 11 heavy (non-hydrogen) atoms. The second-order valence-electron chi connectivity index (χ2n) is 2.11. The standard InChI is InChI=1S/C8H7F2O/c1-6-2-4-7(5-3-6)11-8(9)10/h2-4,8H,1H3. The summed E-state index contributed by atoms with van der Waals surface area (Å²) in [6.45, 7) is -0.920. The van der Waals surface area contributed by atoms with Crippen molar-refractivity contribution in [3.05, 3.63) is 29.8 Å². The molecule has 1 aromatic rings. The van der Waals surface area contributed by atoms with Crippen LogP contribution in [-0.2, 0) is 0 Å². The second-order valence-corrected chi connectivity index (χ2v) is 2.11. The molecule has 1 aromatic carbocycles. The molecule has 1 nitrogen and oxygen atoms in total. The maximum absolute atomic E-state index is 11.6. The number of hydrogen-bond donors (Lipinski definition) is 0. The van der Waals surface area contributed by atoms with E-state index in [1.54, 1.807) is 12.1 Å². The summed E-state index contributed by atoms with van der Waals surface area (Å²) in [5.41, 5.74) is 0.964. The third-order valence-corrected chi connectivity index (χ3v) is 1.16. The summed E-state index contributed by atoms with van der Waals surface area (Å²) in [4.78, 5) is 0. The van der Waals surface area contributed by atoms with Crippen LogP contribution in [0.3, 0.4) is 0 Å². The number of alkyl halides is 2. The molecule has 1 rings (SSSR count). The van der Waals surface area contributed by atoms with Crippen molar-refractivity contribution in [3.63, 3.8) is 0 Å². The molecule has 0 saturated carbocycles. The number of ether oxygens (including phenoxy) is 1. The van der Waals surface area contributed by atoms with Gasteiger partial charge in [-0.1, -0.05) is 11.6 Å². The lowest BCUT2D eigenvalue weighted by Crippen LogP contribution is -2.01. The summed E-state index contributed by atoms with van der Waals surface area (Å²) in [5.74, 6) is 0.0746. The zero-order chi connectivity index (χ0) is 8.27. The van der Waals surface area contributed by atoms with Crippen molar-refractivity contribution in [2.24, 2.45) is 0 Å². The molecule has 0 fully saturated rings. The van der Waals surface area contributed by atoms with Gasteiger partial charge in [-0.2, -0.15) is 8.78 Å². The van der Waals surface area contributed by atoms with Gasteiger partial charge in [-0.3, -0.25) is 0 Å². The highest BCUT2D eigenvalue weighted by Gasteiger charge is 2.02. The molecular formula is C8H7F2O. The minimum atomic E-state index is -2.77. The number of aryl methyl sites for hydroxylation is 1. The van der Waals surface area contributed by atoms with Crippen LogP contribution >= 0.6 is 0 Å². The Morgan fingerprint density at radius 1 is 1.45 bits per heavy atom. The highest BCUT2D eigenvalue weighted by atomic mass is 19.3. The average molecular weight is 157 g/mol. The molecule has 1 radical (unpaired) electrons. The van der Waals surface area contributed by atoms with Gasteiger partial charge in [0.1, 0.15) is 5.75 Å². The van der Waals surface area contributed by atoms with E-state index in [0.717, 1.165) is 5.56 Å². The molecule has 0 amide bonds. The molecule has 0 aliphatic heterocycles. The van der Waals surface area contributed by atoms with Crippen molar-refractivity contribution >= 4 is 0 Å². The monoisotopic (exact) mass is 157 g/mol.